The maximum Gasteiger partial charge on any atom is 0.264 e. The number of benzene rings is 4. The van der Waals surface area contributed by atoms with E-state index in [2.05, 4.69) is 5.32 Å². The Hall–Kier alpha value is -3.76. The molecule has 12 heteroatoms. The van der Waals surface area contributed by atoms with Crippen molar-refractivity contribution < 1.29 is 22.7 Å². The second-order valence-corrected chi connectivity index (χ2v) is 15.0. The molecule has 0 aliphatic heterocycles. The zero-order valence-corrected chi connectivity index (χ0v) is 29.5. The fourth-order valence-electron chi connectivity index (χ4n) is 4.90. The molecule has 47 heavy (non-hydrogen) atoms. The van der Waals surface area contributed by atoms with E-state index < -0.39 is 40.0 Å². The average molecular weight is 717 g/mol. The van der Waals surface area contributed by atoms with Crippen LogP contribution in [0.4, 0.5) is 5.69 Å². The summed E-state index contributed by atoms with van der Waals surface area (Å²) in [7, 11) is -2.85. The summed E-state index contributed by atoms with van der Waals surface area (Å²) >= 11 is 19.2. The highest BCUT2D eigenvalue weighted by atomic mass is 35.5. The van der Waals surface area contributed by atoms with Crippen molar-refractivity contribution in [3.63, 3.8) is 0 Å². The van der Waals surface area contributed by atoms with Crippen molar-refractivity contribution >= 4 is 62.3 Å². The molecule has 1 atom stereocenters. The molecule has 0 bridgehead atoms. The van der Waals surface area contributed by atoms with Crippen LogP contribution < -0.4 is 14.4 Å². The molecule has 1 N–H and O–H groups in total. The van der Waals surface area contributed by atoms with Crippen molar-refractivity contribution in [3.05, 3.63) is 123 Å². The summed E-state index contributed by atoms with van der Waals surface area (Å²) in [6.45, 7) is 4.77. The van der Waals surface area contributed by atoms with E-state index >= 15 is 0 Å². The van der Waals surface area contributed by atoms with Crippen LogP contribution in [0.15, 0.2) is 102 Å². The summed E-state index contributed by atoms with van der Waals surface area (Å²) in [5.41, 5.74) is 0.839. The van der Waals surface area contributed by atoms with Crippen molar-refractivity contribution in [1.29, 1.82) is 0 Å². The SMILES string of the molecule is COc1ccc(N(CC(=O)N(Cc2ccc(Cl)cc2Cl)C(Cc2ccccc2)C(=O)NC(C)(C)C)S(=O)(=O)c2ccccc2)cc1Cl. The monoisotopic (exact) mass is 715 g/mol. The zero-order valence-electron chi connectivity index (χ0n) is 26.4. The first-order valence-electron chi connectivity index (χ1n) is 14.7. The number of carbonyl (C=O) groups excluding carboxylic acids is 2. The normalized spacial score (nSPS) is 12.2. The Kier molecular flexibility index (Phi) is 11.8. The topological polar surface area (TPSA) is 96.0 Å². The van der Waals surface area contributed by atoms with Gasteiger partial charge in [-0.2, -0.15) is 0 Å². The molecular weight excluding hydrogens is 681 g/mol. The van der Waals surface area contributed by atoms with Gasteiger partial charge in [-0.15, -0.1) is 0 Å². The van der Waals surface area contributed by atoms with Gasteiger partial charge in [-0.3, -0.25) is 13.9 Å². The molecule has 0 fully saturated rings. The molecule has 4 aromatic carbocycles. The second kappa shape index (κ2) is 15.4. The van der Waals surface area contributed by atoms with E-state index in [1.54, 1.807) is 36.4 Å². The molecule has 248 valence electrons. The number of hydrogen-bond acceptors (Lipinski definition) is 5. The van der Waals surface area contributed by atoms with Gasteiger partial charge >= 0.3 is 0 Å². The van der Waals surface area contributed by atoms with Crippen molar-refractivity contribution in [1.82, 2.24) is 10.2 Å². The Morgan fingerprint density at radius 3 is 2.06 bits per heavy atom. The van der Waals surface area contributed by atoms with Gasteiger partial charge in [0.25, 0.3) is 10.0 Å². The Morgan fingerprint density at radius 2 is 1.49 bits per heavy atom. The number of nitrogens with one attached hydrogen (secondary N) is 1. The molecule has 1 unspecified atom stereocenters. The third-order valence-corrected chi connectivity index (χ3v) is 9.83. The first-order valence-corrected chi connectivity index (χ1v) is 17.3. The number of hydrogen-bond donors (Lipinski definition) is 1. The van der Waals surface area contributed by atoms with E-state index in [1.807, 2.05) is 51.1 Å². The van der Waals surface area contributed by atoms with Crippen molar-refractivity contribution in [2.45, 2.75) is 50.2 Å². The van der Waals surface area contributed by atoms with E-state index in [1.165, 1.54) is 42.3 Å². The molecule has 0 saturated heterocycles. The minimum Gasteiger partial charge on any atom is -0.495 e. The summed E-state index contributed by atoms with van der Waals surface area (Å²) < 4.78 is 34.6. The van der Waals surface area contributed by atoms with Crippen molar-refractivity contribution in [2.24, 2.45) is 0 Å². The largest absolute Gasteiger partial charge is 0.495 e. The third kappa shape index (κ3) is 9.41. The molecule has 0 saturated carbocycles. The van der Waals surface area contributed by atoms with Crippen molar-refractivity contribution in [2.75, 3.05) is 18.0 Å². The minimum atomic E-state index is -4.30. The molecular formula is C35H36Cl3N3O5S. The van der Waals surface area contributed by atoms with Gasteiger partial charge in [-0.25, -0.2) is 8.42 Å². The van der Waals surface area contributed by atoms with Crippen LogP contribution in [-0.2, 0) is 32.6 Å². The maximum atomic E-state index is 14.6. The summed E-state index contributed by atoms with van der Waals surface area (Å²) in [6.07, 6.45) is 0.152. The Balaban J connectivity index is 1.85. The minimum absolute atomic E-state index is 0.0293. The second-order valence-electron chi connectivity index (χ2n) is 11.8. The number of anilines is 1. The fraction of sp³-hybridized carbons (Fsp3) is 0.257. The number of carbonyl (C=O) groups is 2. The molecule has 0 heterocycles. The predicted octanol–water partition coefficient (Wildman–Crippen LogP) is 7.41. The number of sulfonamides is 1. The van der Waals surface area contributed by atoms with E-state index in [9.17, 15) is 18.0 Å². The number of methoxy groups -OCH3 is 1. The molecule has 0 spiro atoms. The van der Waals surface area contributed by atoms with E-state index in [4.69, 9.17) is 39.5 Å². The lowest BCUT2D eigenvalue weighted by Gasteiger charge is -2.35. The lowest BCUT2D eigenvalue weighted by Crippen LogP contribution is -2.56. The third-order valence-electron chi connectivity index (χ3n) is 7.16. The van der Waals surface area contributed by atoms with Crippen LogP contribution >= 0.6 is 34.8 Å². The molecule has 0 radical (unpaired) electrons. The number of halogens is 3. The van der Waals surface area contributed by atoms with Gasteiger partial charge in [-0.1, -0.05) is 89.4 Å². The fourth-order valence-corrected chi connectivity index (χ4v) is 7.05. The summed E-state index contributed by atoms with van der Waals surface area (Å²) in [6, 6.07) is 25.3. The molecule has 4 rings (SSSR count). The van der Waals surface area contributed by atoms with Gasteiger partial charge in [-0.05, 0) is 74.4 Å². The molecule has 8 nitrogen and oxygen atoms in total. The van der Waals surface area contributed by atoms with Gasteiger partial charge in [0.2, 0.25) is 11.8 Å². The van der Waals surface area contributed by atoms with Crippen LogP contribution in [-0.4, -0.2) is 50.4 Å². The summed E-state index contributed by atoms with van der Waals surface area (Å²) in [4.78, 5) is 29.9. The van der Waals surface area contributed by atoms with Crippen LogP contribution in [0.25, 0.3) is 0 Å². The van der Waals surface area contributed by atoms with Gasteiger partial charge < -0.3 is 15.0 Å². The number of rotatable bonds is 12. The number of nitrogens with zero attached hydrogens (tertiary/aromatic N) is 2. The highest BCUT2D eigenvalue weighted by Crippen LogP contribution is 2.32. The van der Waals surface area contributed by atoms with Gasteiger partial charge in [0.1, 0.15) is 18.3 Å². The smallest absolute Gasteiger partial charge is 0.264 e. The van der Waals surface area contributed by atoms with E-state index in [0.717, 1.165) is 9.87 Å². The summed E-state index contributed by atoms with van der Waals surface area (Å²) in [5, 5.41) is 3.84. The predicted molar refractivity (Wildman–Crippen MR) is 188 cm³/mol. The molecule has 4 aromatic rings. The van der Waals surface area contributed by atoms with Crippen LogP contribution in [0.1, 0.15) is 31.9 Å². The van der Waals surface area contributed by atoms with Crippen LogP contribution in [0.2, 0.25) is 15.1 Å². The standard InChI is InChI=1S/C35H36Cl3N3O5S/c1-35(2,3)39-34(43)31(19-24-11-7-5-8-12-24)40(22-25-15-16-26(36)20-29(25)37)33(42)23-41(27-17-18-32(46-4)30(38)21-27)47(44,45)28-13-9-6-10-14-28/h5-18,20-21,31H,19,22-23H2,1-4H3,(H,39,43). The molecule has 2 amide bonds. The Bertz CT molecular complexity index is 1820. The number of ether oxygens (including phenoxy) is 1. The first kappa shape index (κ1) is 36.1. The van der Waals surface area contributed by atoms with Gasteiger partial charge in [0.15, 0.2) is 0 Å². The average Bonchev–Trinajstić information content (AvgIpc) is 3.02. The van der Waals surface area contributed by atoms with E-state index in [0.29, 0.717) is 21.4 Å². The van der Waals surface area contributed by atoms with Crippen LogP contribution in [0, 0.1) is 0 Å². The first-order chi connectivity index (χ1) is 22.2. The van der Waals surface area contributed by atoms with E-state index in [-0.39, 0.29) is 28.6 Å². The lowest BCUT2D eigenvalue weighted by atomic mass is 10.0. The summed E-state index contributed by atoms with van der Waals surface area (Å²) in [5.74, 6) is -0.725. The Labute approximate surface area is 291 Å². The van der Waals surface area contributed by atoms with Crippen LogP contribution in [0.3, 0.4) is 0 Å². The maximum absolute atomic E-state index is 14.6. The Morgan fingerprint density at radius 1 is 0.851 bits per heavy atom. The number of amides is 2. The zero-order chi connectivity index (χ0) is 34.4. The highest BCUT2D eigenvalue weighted by Gasteiger charge is 2.36. The lowest BCUT2D eigenvalue weighted by molar-refractivity contribution is -0.140. The van der Waals surface area contributed by atoms with Crippen molar-refractivity contribution in [3.8, 4) is 5.75 Å². The van der Waals surface area contributed by atoms with Gasteiger partial charge in [0.05, 0.1) is 22.7 Å². The molecule has 0 aliphatic rings. The highest BCUT2D eigenvalue weighted by molar-refractivity contribution is 7.92. The quantitative estimate of drug-likeness (QED) is 0.165. The van der Waals surface area contributed by atoms with Gasteiger partial charge in [0, 0.05) is 28.5 Å². The molecule has 0 aliphatic carbocycles. The van der Waals surface area contributed by atoms with Crippen LogP contribution in [0.5, 0.6) is 5.75 Å². The molecule has 0 aromatic heterocycles.